The maximum absolute atomic E-state index is 10.8. The quantitative estimate of drug-likeness (QED) is 0.758. The molecule has 0 spiro atoms. The Bertz CT molecular complexity index is 590. The van der Waals surface area contributed by atoms with Crippen molar-refractivity contribution in [2.75, 3.05) is 11.4 Å². The molecule has 0 radical (unpaired) electrons. The Morgan fingerprint density at radius 1 is 1.11 bits per heavy atom. The number of aldehydes is 1. The van der Waals surface area contributed by atoms with Gasteiger partial charge in [0.05, 0.1) is 0 Å². The highest BCUT2D eigenvalue weighted by Crippen LogP contribution is 2.29. The number of hydrogen-bond donors (Lipinski definition) is 0. The van der Waals surface area contributed by atoms with Gasteiger partial charge in [0.15, 0.2) is 0 Å². The fourth-order valence-corrected chi connectivity index (χ4v) is 2.34. The van der Waals surface area contributed by atoms with Crippen LogP contribution in [0.4, 0.5) is 11.4 Å². The minimum absolute atomic E-state index is 0.724. The predicted molar refractivity (Wildman–Crippen MR) is 80.4 cm³/mol. The Kier molecular flexibility index (Phi) is 4.00. The second kappa shape index (κ2) is 5.70. The second-order valence-electron chi connectivity index (χ2n) is 4.75. The largest absolute Gasteiger partial charge is 0.342 e. The minimum atomic E-state index is 0.724. The number of nitrogens with zero attached hydrogens (tertiary/aromatic N) is 1. The van der Waals surface area contributed by atoms with Crippen LogP contribution >= 0.6 is 0 Å². The molecule has 2 aromatic rings. The average Bonchev–Trinajstić information content (AvgIpc) is 2.41. The molecular formula is C17H19NO. The van der Waals surface area contributed by atoms with Crippen LogP contribution in [0.25, 0.3) is 0 Å². The zero-order chi connectivity index (χ0) is 13.8. The van der Waals surface area contributed by atoms with Gasteiger partial charge in [0.2, 0.25) is 0 Å². The standard InChI is InChI=1S/C17H19NO/c1-4-18(16-7-5-6-13(2)10-16)17-9-8-15(12-19)11-14(17)3/h5-12H,4H2,1-3H3. The summed E-state index contributed by atoms with van der Waals surface area (Å²) in [5.74, 6) is 0. The monoisotopic (exact) mass is 253 g/mol. The summed E-state index contributed by atoms with van der Waals surface area (Å²) in [4.78, 5) is 13.1. The Hall–Kier alpha value is -2.09. The van der Waals surface area contributed by atoms with Gasteiger partial charge < -0.3 is 4.90 Å². The highest BCUT2D eigenvalue weighted by atomic mass is 16.1. The van der Waals surface area contributed by atoms with Crippen molar-refractivity contribution in [2.45, 2.75) is 20.8 Å². The lowest BCUT2D eigenvalue weighted by Gasteiger charge is -2.25. The highest BCUT2D eigenvalue weighted by Gasteiger charge is 2.10. The predicted octanol–water partition coefficient (Wildman–Crippen LogP) is 4.27. The van der Waals surface area contributed by atoms with Crippen molar-refractivity contribution in [3.8, 4) is 0 Å². The normalized spacial score (nSPS) is 10.3. The molecule has 0 aliphatic heterocycles. The lowest BCUT2D eigenvalue weighted by atomic mass is 10.1. The van der Waals surface area contributed by atoms with E-state index >= 15 is 0 Å². The molecule has 2 heteroatoms. The van der Waals surface area contributed by atoms with Gasteiger partial charge in [-0.15, -0.1) is 0 Å². The fraction of sp³-hybridized carbons (Fsp3) is 0.235. The van der Waals surface area contributed by atoms with Crippen LogP contribution in [0, 0.1) is 13.8 Å². The molecule has 2 rings (SSSR count). The number of benzene rings is 2. The Morgan fingerprint density at radius 3 is 2.47 bits per heavy atom. The van der Waals surface area contributed by atoms with E-state index in [1.165, 1.54) is 11.3 Å². The maximum Gasteiger partial charge on any atom is 0.150 e. The summed E-state index contributed by atoms with van der Waals surface area (Å²) in [6, 6.07) is 14.3. The number of rotatable bonds is 4. The summed E-state index contributed by atoms with van der Waals surface area (Å²) in [6.07, 6.45) is 0.889. The van der Waals surface area contributed by atoms with Crippen LogP contribution in [0.1, 0.15) is 28.4 Å². The third-order valence-corrected chi connectivity index (χ3v) is 3.28. The van der Waals surface area contributed by atoms with E-state index in [-0.39, 0.29) is 0 Å². The van der Waals surface area contributed by atoms with Gasteiger partial charge in [-0.25, -0.2) is 0 Å². The number of hydrogen-bond acceptors (Lipinski definition) is 2. The molecule has 2 nitrogen and oxygen atoms in total. The zero-order valence-electron chi connectivity index (χ0n) is 11.7. The van der Waals surface area contributed by atoms with Gasteiger partial charge in [0, 0.05) is 23.5 Å². The first-order chi connectivity index (χ1) is 9.15. The molecule has 0 amide bonds. The minimum Gasteiger partial charge on any atom is -0.342 e. The Labute approximate surface area is 114 Å². The Morgan fingerprint density at radius 2 is 1.89 bits per heavy atom. The Balaban J connectivity index is 2.45. The van der Waals surface area contributed by atoms with Gasteiger partial charge in [-0.3, -0.25) is 4.79 Å². The summed E-state index contributed by atoms with van der Waals surface area (Å²) in [6.45, 7) is 7.17. The summed E-state index contributed by atoms with van der Waals surface area (Å²) in [5.41, 5.74) is 5.43. The van der Waals surface area contributed by atoms with Gasteiger partial charge >= 0.3 is 0 Å². The van der Waals surface area contributed by atoms with Crippen LogP contribution in [-0.4, -0.2) is 12.8 Å². The lowest BCUT2D eigenvalue weighted by molar-refractivity contribution is 0.112. The molecular weight excluding hydrogens is 234 g/mol. The number of carbonyl (C=O) groups is 1. The lowest BCUT2D eigenvalue weighted by Crippen LogP contribution is -2.17. The first-order valence-corrected chi connectivity index (χ1v) is 6.55. The summed E-state index contributed by atoms with van der Waals surface area (Å²) >= 11 is 0. The van der Waals surface area contributed by atoms with Crippen LogP contribution in [0.3, 0.4) is 0 Å². The molecule has 2 aromatic carbocycles. The highest BCUT2D eigenvalue weighted by molar-refractivity contribution is 5.78. The third-order valence-electron chi connectivity index (χ3n) is 3.28. The van der Waals surface area contributed by atoms with Crippen LogP contribution in [0.15, 0.2) is 42.5 Å². The molecule has 0 unspecified atom stereocenters. The molecule has 98 valence electrons. The third kappa shape index (κ3) is 2.84. The number of aryl methyl sites for hydroxylation is 2. The molecule has 0 saturated heterocycles. The zero-order valence-corrected chi connectivity index (χ0v) is 11.7. The molecule has 0 saturated carbocycles. The first-order valence-electron chi connectivity index (χ1n) is 6.55. The van der Waals surface area contributed by atoms with Crippen molar-refractivity contribution in [1.82, 2.24) is 0 Å². The molecule has 0 aliphatic rings. The average molecular weight is 253 g/mol. The smallest absolute Gasteiger partial charge is 0.150 e. The van der Waals surface area contributed by atoms with Crippen molar-refractivity contribution in [3.05, 3.63) is 59.2 Å². The summed E-state index contributed by atoms with van der Waals surface area (Å²) < 4.78 is 0. The fourth-order valence-electron chi connectivity index (χ4n) is 2.34. The molecule has 0 atom stereocenters. The molecule has 0 aromatic heterocycles. The van der Waals surface area contributed by atoms with E-state index in [9.17, 15) is 4.79 Å². The molecule has 0 N–H and O–H groups in total. The van der Waals surface area contributed by atoms with E-state index in [1.807, 2.05) is 25.1 Å². The van der Waals surface area contributed by atoms with Crippen molar-refractivity contribution < 1.29 is 4.79 Å². The van der Waals surface area contributed by atoms with E-state index in [0.717, 1.165) is 29.6 Å². The van der Waals surface area contributed by atoms with E-state index in [1.54, 1.807) is 0 Å². The van der Waals surface area contributed by atoms with Crippen LogP contribution < -0.4 is 4.90 Å². The van der Waals surface area contributed by atoms with Gasteiger partial charge in [0.1, 0.15) is 6.29 Å². The molecule has 0 aliphatic carbocycles. The SMILES string of the molecule is CCN(c1cccc(C)c1)c1ccc(C=O)cc1C. The van der Waals surface area contributed by atoms with Crippen LogP contribution in [0.2, 0.25) is 0 Å². The molecule has 0 fully saturated rings. The van der Waals surface area contributed by atoms with Gasteiger partial charge in [-0.2, -0.15) is 0 Å². The van der Waals surface area contributed by atoms with Crippen LogP contribution in [-0.2, 0) is 0 Å². The van der Waals surface area contributed by atoms with Crippen molar-refractivity contribution in [3.63, 3.8) is 0 Å². The number of carbonyl (C=O) groups excluding carboxylic acids is 1. The van der Waals surface area contributed by atoms with E-state index in [0.29, 0.717) is 0 Å². The van der Waals surface area contributed by atoms with E-state index in [4.69, 9.17) is 0 Å². The van der Waals surface area contributed by atoms with Crippen molar-refractivity contribution >= 4 is 17.7 Å². The van der Waals surface area contributed by atoms with E-state index < -0.39 is 0 Å². The van der Waals surface area contributed by atoms with Gasteiger partial charge in [-0.05, 0) is 62.2 Å². The molecule has 19 heavy (non-hydrogen) atoms. The first kappa shape index (κ1) is 13.3. The van der Waals surface area contributed by atoms with Gasteiger partial charge in [-0.1, -0.05) is 12.1 Å². The maximum atomic E-state index is 10.8. The molecule has 0 bridgehead atoms. The van der Waals surface area contributed by atoms with Crippen molar-refractivity contribution in [1.29, 1.82) is 0 Å². The summed E-state index contributed by atoms with van der Waals surface area (Å²) in [5, 5.41) is 0. The molecule has 0 heterocycles. The van der Waals surface area contributed by atoms with Crippen LogP contribution in [0.5, 0.6) is 0 Å². The van der Waals surface area contributed by atoms with E-state index in [2.05, 4.69) is 43.0 Å². The second-order valence-corrected chi connectivity index (χ2v) is 4.75. The van der Waals surface area contributed by atoms with Gasteiger partial charge in [0.25, 0.3) is 0 Å². The van der Waals surface area contributed by atoms with Crippen molar-refractivity contribution in [2.24, 2.45) is 0 Å². The number of anilines is 2. The summed E-state index contributed by atoms with van der Waals surface area (Å²) in [7, 11) is 0. The topological polar surface area (TPSA) is 20.3 Å².